The van der Waals surface area contributed by atoms with Gasteiger partial charge in [-0.05, 0) is 26.8 Å². The first kappa shape index (κ1) is 7.12. The molecule has 1 N–H and O–H groups in total. The van der Waals surface area contributed by atoms with Crippen LogP contribution in [0, 0.1) is 0 Å². The Morgan fingerprint density at radius 1 is 1.60 bits per heavy atom. The molecule has 3 heteroatoms. The summed E-state index contributed by atoms with van der Waals surface area (Å²) in [6.45, 7) is 6.19. The van der Waals surface area contributed by atoms with Gasteiger partial charge in [-0.3, -0.25) is 5.43 Å². The van der Waals surface area contributed by atoms with Crippen molar-refractivity contribution < 1.29 is 0 Å². The zero-order valence-electron chi connectivity index (χ0n) is 6.63. The van der Waals surface area contributed by atoms with E-state index in [9.17, 15) is 0 Å². The number of rotatable bonds is 1. The lowest BCUT2D eigenvalue weighted by Crippen LogP contribution is -2.39. The summed E-state index contributed by atoms with van der Waals surface area (Å²) in [6.07, 6.45) is 3.74. The first-order valence-electron chi connectivity index (χ1n) is 3.47. The second-order valence-electron chi connectivity index (χ2n) is 2.66. The lowest BCUT2D eigenvalue weighted by Gasteiger charge is -2.26. The van der Waals surface area contributed by atoms with Gasteiger partial charge in [0.2, 0.25) is 0 Å². The summed E-state index contributed by atoms with van der Waals surface area (Å²) in [4.78, 5) is 0. The van der Waals surface area contributed by atoms with Crippen molar-refractivity contribution in [2.45, 2.75) is 26.8 Å². The molecule has 0 aliphatic carbocycles. The zero-order chi connectivity index (χ0) is 7.56. The highest BCUT2D eigenvalue weighted by atomic mass is 15.7. The first-order chi connectivity index (χ1) is 4.70. The lowest BCUT2D eigenvalue weighted by molar-refractivity contribution is 0.171. The summed E-state index contributed by atoms with van der Waals surface area (Å²) < 4.78 is 0. The maximum atomic E-state index is 4.10. The maximum absolute atomic E-state index is 4.10. The van der Waals surface area contributed by atoms with Gasteiger partial charge < -0.3 is 0 Å². The Balaban J connectivity index is 2.55. The van der Waals surface area contributed by atoms with E-state index >= 15 is 0 Å². The molecule has 0 aromatic heterocycles. The van der Waals surface area contributed by atoms with E-state index in [4.69, 9.17) is 0 Å². The van der Waals surface area contributed by atoms with Crippen LogP contribution in [-0.4, -0.2) is 17.4 Å². The molecule has 0 radical (unpaired) electrons. The average molecular weight is 139 g/mol. The van der Waals surface area contributed by atoms with E-state index in [1.54, 1.807) is 6.21 Å². The van der Waals surface area contributed by atoms with Crippen LogP contribution in [0.5, 0.6) is 0 Å². The van der Waals surface area contributed by atoms with Crippen LogP contribution in [0.4, 0.5) is 0 Å². The molecule has 0 atom stereocenters. The molecule has 1 heterocycles. The van der Waals surface area contributed by atoms with Gasteiger partial charge in [0.1, 0.15) is 0 Å². The van der Waals surface area contributed by atoms with E-state index in [1.165, 1.54) is 0 Å². The van der Waals surface area contributed by atoms with Crippen LogP contribution < -0.4 is 5.43 Å². The van der Waals surface area contributed by atoms with Gasteiger partial charge >= 0.3 is 0 Å². The quantitative estimate of drug-likeness (QED) is 0.589. The third-order valence-electron chi connectivity index (χ3n) is 1.30. The fraction of sp³-hybridized carbons (Fsp3) is 0.571. The minimum Gasteiger partial charge on any atom is -0.287 e. The second-order valence-corrected chi connectivity index (χ2v) is 2.66. The molecule has 1 aliphatic heterocycles. The molecule has 1 aliphatic rings. The summed E-state index contributed by atoms with van der Waals surface area (Å²) in [7, 11) is 0. The third kappa shape index (κ3) is 1.50. The highest BCUT2D eigenvalue weighted by Gasteiger charge is 2.06. The Morgan fingerprint density at radius 2 is 2.30 bits per heavy atom. The van der Waals surface area contributed by atoms with E-state index in [0.29, 0.717) is 6.04 Å². The molecular weight excluding hydrogens is 126 g/mol. The molecule has 0 unspecified atom stereocenters. The predicted octanol–water partition coefficient (Wildman–Crippen LogP) is 1.10. The van der Waals surface area contributed by atoms with E-state index in [-0.39, 0.29) is 0 Å². The zero-order valence-corrected chi connectivity index (χ0v) is 6.63. The molecule has 3 nitrogen and oxygen atoms in total. The first-order valence-corrected chi connectivity index (χ1v) is 3.47. The molecule has 0 fully saturated rings. The van der Waals surface area contributed by atoms with Crippen LogP contribution in [0.1, 0.15) is 20.8 Å². The Kier molecular flexibility index (Phi) is 1.94. The van der Waals surface area contributed by atoms with Crippen LogP contribution >= 0.6 is 0 Å². The van der Waals surface area contributed by atoms with E-state index in [0.717, 1.165) is 5.70 Å². The van der Waals surface area contributed by atoms with Crippen molar-refractivity contribution in [3.8, 4) is 0 Å². The van der Waals surface area contributed by atoms with Crippen molar-refractivity contribution in [1.29, 1.82) is 0 Å². The van der Waals surface area contributed by atoms with E-state index in [2.05, 4.69) is 24.4 Å². The van der Waals surface area contributed by atoms with Crippen LogP contribution in [0.3, 0.4) is 0 Å². The number of hydrogen-bond donors (Lipinski definition) is 1. The standard InChI is InChI=1S/C7H13N3/c1-6(2)10-8-5-4-7(3)9-10/h4-6,9H,1-3H3. The number of nitrogens with one attached hydrogen (secondary N) is 1. The number of hydrogen-bond acceptors (Lipinski definition) is 3. The SMILES string of the molecule is CC1=CC=NN(C(C)C)N1. The topological polar surface area (TPSA) is 27.6 Å². The van der Waals surface area contributed by atoms with Crippen molar-refractivity contribution >= 4 is 6.21 Å². The molecule has 56 valence electrons. The molecule has 0 saturated heterocycles. The lowest BCUT2D eigenvalue weighted by atomic mass is 10.4. The molecule has 0 bridgehead atoms. The Bertz CT molecular complexity index is 170. The summed E-state index contributed by atoms with van der Waals surface area (Å²) in [5, 5.41) is 5.93. The monoisotopic (exact) mass is 139 g/mol. The van der Waals surface area contributed by atoms with Crippen molar-refractivity contribution in [2.75, 3.05) is 0 Å². The highest BCUT2D eigenvalue weighted by Crippen LogP contribution is 2.00. The van der Waals surface area contributed by atoms with Gasteiger partial charge in [-0.15, -0.1) is 0 Å². The van der Waals surface area contributed by atoms with Crippen molar-refractivity contribution in [1.82, 2.24) is 10.5 Å². The molecule has 0 aromatic carbocycles. The molecule has 0 saturated carbocycles. The van der Waals surface area contributed by atoms with Crippen LogP contribution in [-0.2, 0) is 0 Å². The van der Waals surface area contributed by atoms with Crippen molar-refractivity contribution in [2.24, 2.45) is 5.10 Å². The van der Waals surface area contributed by atoms with Gasteiger partial charge in [0.05, 0.1) is 12.3 Å². The van der Waals surface area contributed by atoms with Crippen molar-refractivity contribution in [3.05, 3.63) is 11.8 Å². The van der Waals surface area contributed by atoms with Crippen LogP contribution in [0.2, 0.25) is 0 Å². The fourth-order valence-electron chi connectivity index (χ4n) is 0.726. The normalized spacial score (nSPS) is 17.2. The largest absolute Gasteiger partial charge is 0.287 e. The second kappa shape index (κ2) is 2.73. The summed E-state index contributed by atoms with van der Waals surface area (Å²) >= 11 is 0. The summed E-state index contributed by atoms with van der Waals surface area (Å²) in [5.74, 6) is 0. The third-order valence-corrected chi connectivity index (χ3v) is 1.30. The smallest absolute Gasteiger partial charge is 0.0637 e. The minimum absolute atomic E-state index is 0.403. The predicted molar refractivity (Wildman–Crippen MR) is 42.4 cm³/mol. The maximum Gasteiger partial charge on any atom is 0.0637 e. The van der Waals surface area contributed by atoms with E-state index < -0.39 is 0 Å². The number of hydrazine groups is 1. The van der Waals surface area contributed by atoms with Crippen molar-refractivity contribution in [3.63, 3.8) is 0 Å². The molecule has 1 rings (SSSR count). The van der Waals surface area contributed by atoms with Gasteiger partial charge in [0.25, 0.3) is 0 Å². The number of allylic oxidation sites excluding steroid dienone is 2. The van der Waals surface area contributed by atoms with Gasteiger partial charge in [-0.2, -0.15) is 5.10 Å². The van der Waals surface area contributed by atoms with Crippen LogP contribution in [0.25, 0.3) is 0 Å². The molecule has 10 heavy (non-hydrogen) atoms. The van der Waals surface area contributed by atoms with Gasteiger partial charge in [-0.25, -0.2) is 5.12 Å². The van der Waals surface area contributed by atoms with Crippen LogP contribution in [0.15, 0.2) is 16.9 Å². The van der Waals surface area contributed by atoms with Gasteiger partial charge in [0.15, 0.2) is 0 Å². The highest BCUT2D eigenvalue weighted by molar-refractivity contribution is 5.72. The molecule has 0 amide bonds. The summed E-state index contributed by atoms with van der Waals surface area (Å²) in [6, 6.07) is 0.403. The Labute approximate surface area is 61.4 Å². The summed E-state index contributed by atoms with van der Waals surface area (Å²) in [5.41, 5.74) is 4.24. The number of nitrogens with zero attached hydrogens (tertiary/aromatic N) is 2. The Hall–Kier alpha value is -0.990. The van der Waals surface area contributed by atoms with E-state index in [1.807, 2.05) is 18.1 Å². The van der Waals surface area contributed by atoms with Gasteiger partial charge in [0, 0.05) is 5.70 Å². The molecule has 0 aromatic rings. The number of hydrazone groups is 1. The molecule has 0 spiro atoms. The van der Waals surface area contributed by atoms with Gasteiger partial charge in [-0.1, -0.05) is 0 Å². The average Bonchev–Trinajstić information content (AvgIpc) is 1.88. The molecular formula is C7H13N3. The fourth-order valence-corrected chi connectivity index (χ4v) is 0.726. The Morgan fingerprint density at radius 3 is 2.70 bits per heavy atom. The minimum atomic E-state index is 0.403.